The number of rotatable bonds is 27. The van der Waals surface area contributed by atoms with Crippen LogP contribution in [0.5, 0.6) is 0 Å². The molecule has 64 heavy (non-hydrogen) atoms. The molecule has 0 spiro atoms. The number of nitrogens with two attached hydrogens (primary N) is 1. The van der Waals surface area contributed by atoms with Gasteiger partial charge in [0.2, 0.25) is 5.91 Å². The lowest BCUT2D eigenvalue weighted by Gasteiger charge is -2.24. The molecule has 0 saturated heterocycles. The Labute approximate surface area is 369 Å². The molecular formula is C45H51N9O10. The van der Waals surface area contributed by atoms with Crippen LogP contribution < -0.4 is 11.1 Å². The number of aromatic nitrogens is 5. The number of unbranched alkanes of at least 4 members (excludes halogenated alkanes) is 2. The van der Waals surface area contributed by atoms with Crippen LogP contribution in [0.1, 0.15) is 107 Å². The molecule has 0 fully saturated rings. The van der Waals surface area contributed by atoms with E-state index in [9.17, 15) is 44.4 Å². The Morgan fingerprint density at radius 1 is 0.516 bits per heavy atom. The van der Waals surface area contributed by atoms with E-state index < -0.39 is 23.9 Å². The fraction of sp³-hybridized carbons (Fsp3) is 0.333. The molecule has 5 aromatic rings. The Hall–Kier alpha value is -7.06. The van der Waals surface area contributed by atoms with E-state index in [1.807, 2.05) is 21.9 Å². The van der Waals surface area contributed by atoms with Gasteiger partial charge in [-0.2, -0.15) is 0 Å². The average molecular weight is 878 g/mol. The van der Waals surface area contributed by atoms with Gasteiger partial charge < -0.3 is 36.2 Å². The van der Waals surface area contributed by atoms with Crippen molar-refractivity contribution in [1.82, 2.24) is 40.0 Å². The van der Waals surface area contributed by atoms with Gasteiger partial charge in [-0.15, -0.1) is 0 Å². The number of hydrogen-bond donors (Lipinski definition) is 6. The van der Waals surface area contributed by atoms with Crippen molar-refractivity contribution in [2.75, 3.05) is 26.3 Å². The predicted molar refractivity (Wildman–Crippen MR) is 230 cm³/mol. The third-order valence-electron chi connectivity index (χ3n) is 9.60. The van der Waals surface area contributed by atoms with Crippen molar-refractivity contribution in [3.8, 4) is 0 Å². The normalized spacial score (nSPS) is 11.2. The molecule has 19 nitrogen and oxygen atoms in total. The minimum Gasteiger partial charge on any atom is -0.477 e. The molecule has 336 valence electrons. The smallest absolute Gasteiger partial charge is 0.354 e. The standard InChI is InChI=1S/C45H51N9O10/c46-18-21-64-20-3-1-2-19-47-41(55)17-16-30-22-35(28-53(24-31-8-4-12-37(49-31)42(56)57)25-32-9-5-13-38(50-32)43(58)59)48-36(23-30)29-54(26-33-10-6-14-39(51-33)44(60)61)27-34-11-7-15-40(52-34)45(62)63/h4-15,22-23H,1-3,16-21,24-29,46H2,(H,47,55)(H,56,57)(H,58,59)(H,60,61)(H,62,63). The molecule has 1 amide bonds. The topological polar surface area (TPSA) is 284 Å². The van der Waals surface area contributed by atoms with E-state index >= 15 is 0 Å². The molecular weight excluding hydrogens is 827 g/mol. The second kappa shape index (κ2) is 24.5. The Balaban J connectivity index is 1.46. The van der Waals surface area contributed by atoms with Crippen molar-refractivity contribution in [1.29, 1.82) is 0 Å². The van der Waals surface area contributed by atoms with Crippen LogP contribution in [0.2, 0.25) is 0 Å². The van der Waals surface area contributed by atoms with E-state index in [0.29, 0.717) is 66.9 Å². The maximum atomic E-state index is 13.1. The molecule has 0 atom stereocenters. The van der Waals surface area contributed by atoms with Gasteiger partial charge in [0.15, 0.2) is 0 Å². The summed E-state index contributed by atoms with van der Waals surface area (Å²) >= 11 is 0. The number of nitrogens with zero attached hydrogens (tertiary/aromatic N) is 7. The van der Waals surface area contributed by atoms with Crippen molar-refractivity contribution < 1.29 is 49.1 Å². The maximum absolute atomic E-state index is 13.1. The van der Waals surface area contributed by atoms with Crippen LogP contribution in [0.3, 0.4) is 0 Å². The van der Waals surface area contributed by atoms with Gasteiger partial charge in [0.25, 0.3) is 0 Å². The summed E-state index contributed by atoms with van der Waals surface area (Å²) in [6.07, 6.45) is 3.04. The predicted octanol–water partition coefficient (Wildman–Crippen LogP) is 4.05. The highest BCUT2D eigenvalue weighted by molar-refractivity contribution is 5.86. The van der Waals surface area contributed by atoms with Crippen LogP contribution in [0.25, 0.3) is 0 Å². The minimum absolute atomic E-state index is 0.131. The number of carboxylic acids is 4. The number of carbonyl (C=O) groups excluding carboxylic acids is 1. The summed E-state index contributed by atoms with van der Waals surface area (Å²) in [5.41, 5.74) is 8.52. The summed E-state index contributed by atoms with van der Waals surface area (Å²) < 4.78 is 5.42. The monoisotopic (exact) mass is 877 g/mol. The van der Waals surface area contributed by atoms with Crippen LogP contribution in [0.4, 0.5) is 0 Å². The fourth-order valence-corrected chi connectivity index (χ4v) is 6.75. The second-order valence-electron chi connectivity index (χ2n) is 14.8. The number of carbonyl (C=O) groups is 5. The number of carboxylic acid groups (broad SMARTS) is 4. The molecule has 5 aromatic heterocycles. The SMILES string of the molecule is NCCOCCCCCNC(=O)CCc1cc(CN(Cc2cccc(C(=O)O)n2)Cc2cccc(C(=O)O)n2)nc(CN(Cc2cccc(C(=O)O)n2)Cc2cccc(C(=O)O)n2)c1. The highest BCUT2D eigenvalue weighted by Gasteiger charge is 2.19. The van der Waals surface area contributed by atoms with Crippen LogP contribution in [0.15, 0.2) is 84.9 Å². The molecule has 0 unspecified atom stereocenters. The molecule has 5 rings (SSSR count). The van der Waals surface area contributed by atoms with Crippen LogP contribution in [-0.4, -0.2) is 111 Å². The lowest BCUT2D eigenvalue weighted by molar-refractivity contribution is -0.121. The Kier molecular flexibility index (Phi) is 18.4. The zero-order valence-electron chi connectivity index (χ0n) is 35.1. The summed E-state index contributed by atoms with van der Waals surface area (Å²) in [6, 6.07) is 22.3. The number of nitrogens with one attached hydrogen (secondary N) is 1. The summed E-state index contributed by atoms with van der Waals surface area (Å²) in [7, 11) is 0. The molecule has 0 aliphatic carbocycles. The fourth-order valence-electron chi connectivity index (χ4n) is 6.75. The van der Waals surface area contributed by atoms with Gasteiger partial charge >= 0.3 is 23.9 Å². The molecule has 5 heterocycles. The van der Waals surface area contributed by atoms with E-state index in [-0.39, 0.29) is 74.4 Å². The minimum atomic E-state index is -1.19. The number of amides is 1. The van der Waals surface area contributed by atoms with E-state index in [1.54, 1.807) is 48.5 Å². The van der Waals surface area contributed by atoms with E-state index in [0.717, 1.165) is 24.8 Å². The van der Waals surface area contributed by atoms with E-state index in [2.05, 4.69) is 25.3 Å². The highest BCUT2D eigenvalue weighted by atomic mass is 16.5. The first-order valence-corrected chi connectivity index (χ1v) is 20.6. The largest absolute Gasteiger partial charge is 0.477 e. The number of ether oxygens (including phenoxy) is 1. The zero-order valence-corrected chi connectivity index (χ0v) is 35.1. The van der Waals surface area contributed by atoms with Gasteiger partial charge in [-0.25, -0.2) is 39.1 Å². The Morgan fingerprint density at radius 3 is 1.28 bits per heavy atom. The summed E-state index contributed by atoms with van der Waals surface area (Å²) in [4.78, 5) is 86.3. The number of hydrogen-bond acceptors (Lipinski definition) is 14. The van der Waals surface area contributed by atoms with E-state index in [1.165, 1.54) is 24.3 Å². The van der Waals surface area contributed by atoms with Crippen molar-refractivity contribution in [2.45, 2.75) is 71.4 Å². The van der Waals surface area contributed by atoms with Crippen molar-refractivity contribution in [2.24, 2.45) is 5.73 Å². The number of aryl methyl sites for hydroxylation is 1. The first kappa shape index (κ1) is 48.0. The van der Waals surface area contributed by atoms with Crippen LogP contribution in [0, 0.1) is 0 Å². The molecule has 7 N–H and O–H groups in total. The van der Waals surface area contributed by atoms with Gasteiger partial charge in [-0.1, -0.05) is 24.3 Å². The summed E-state index contributed by atoms with van der Waals surface area (Å²) in [5.74, 6) is -4.91. The highest BCUT2D eigenvalue weighted by Crippen LogP contribution is 2.19. The van der Waals surface area contributed by atoms with Gasteiger partial charge in [-0.3, -0.25) is 19.6 Å². The quantitative estimate of drug-likeness (QED) is 0.0406. The third-order valence-corrected chi connectivity index (χ3v) is 9.60. The van der Waals surface area contributed by atoms with Gasteiger partial charge in [0.1, 0.15) is 22.8 Å². The van der Waals surface area contributed by atoms with Crippen molar-refractivity contribution in [3.63, 3.8) is 0 Å². The van der Waals surface area contributed by atoms with Crippen molar-refractivity contribution >= 4 is 29.8 Å². The molecule has 0 aromatic carbocycles. The molecule has 0 aliphatic heterocycles. The lowest BCUT2D eigenvalue weighted by atomic mass is 10.1. The lowest BCUT2D eigenvalue weighted by Crippen LogP contribution is -2.27. The first-order chi connectivity index (χ1) is 30.8. The first-order valence-electron chi connectivity index (χ1n) is 20.6. The summed E-state index contributed by atoms with van der Waals surface area (Å²) in [6.45, 7) is 2.94. The molecule has 0 saturated carbocycles. The summed E-state index contributed by atoms with van der Waals surface area (Å²) in [5, 5.41) is 41.5. The van der Waals surface area contributed by atoms with Gasteiger partial charge in [-0.05, 0) is 91.9 Å². The maximum Gasteiger partial charge on any atom is 0.354 e. The third kappa shape index (κ3) is 16.0. The molecule has 0 radical (unpaired) electrons. The molecule has 0 aliphatic rings. The van der Waals surface area contributed by atoms with Crippen LogP contribution >= 0.6 is 0 Å². The van der Waals surface area contributed by atoms with E-state index in [4.69, 9.17) is 15.5 Å². The number of pyridine rings is 5. The second-order valence-corrected chi connectivity index (χ2v) is 14.8. The molecule has 0 bridgehead atoms. The molecule has 19 heteroatoms. The zero-order chi connectivity index (χ0) is 45.8. The van der Waals surface area contributed by atoms with Crippen molar-refractivity contribution in [3.05, 3.63) is 147 Å². The van der Waals surface area contributed by atoms with Gasteiger partial charge in [0.05, 0.1) is 40.8 Å². The van der Waals surface area contributed by atoms with Crippen LogP contribution in [-0.2, 0) is 55.2 Å². The Morgan fingerprint density at radius 2 is 0.906 bits per heavy atom. The average Bonchev–Trinajstić information content (AvgIpc) is 3.26. The number of aromatic carboxylic acids is 4. The van der Waals surface area contributed by atoms with Gasteiger partial charge in [0, 0.05) is 65.4 Å². The Bertz CT molecular complexity index is 2140.